The zero-order valence-electron chi connectivity index (χ0n) is 10.3. The smallest absolute Gasteiger partial charge is 0.323 e. The normalized spacial score (nSPS) is 12.7. The second kappa shape index (κ2) is 4.78. The molecule has 1 aromatic heterocycles. The highest BCUT2D eigenvalue weighted by atomic mass is 19.1. The van der Waals surface area contributed by atoms with Crippen LogP contribution >= 0.6 is 0 Å². The lowest BCUT2D eigenvalue weighted by atomic mass is 10.1. The third kappa shape index (κ3) is 2.22. The molecular weight excluding hydrogens is 235 g/mol. The Morgan fingerprint density at radius 2 is 2.28 bits per heavy atom. The van der Waals surface area contributed by atoms with Gasteiger partial charge in [0.1, 0.15) is 11.9 Å². The minimum absolute atomic E-state index is 0.256. The molecule has 0 fully saturated rings. The minimum atomic E-state index is -0.715. The Morgan fingerprint density at radius 3 is 2.94 bits per heavy atom. The highest BCUT2D eigenvalue weighted by Gasteiger charge is 2.16. The molecule has 0 spiro atoms. The average molecular weight is 250 g/mol. The van der Waals surface area contributed by atoms with Crippen molar-refractivity contribution >= 4 is 16.9 Å². The van der Waals surface area contributed by atoms with Crippen molar-refractivity contribution < 1.29 is 13.9 Å². The van der Waals surface area contributed by atoms with Gasteiger partial charge >= 0.3 is 5.97 Å². The molecule has 1 heterocycles. The second-order valence-corrected chi connectivity index (χ2v) is 4.26. The number of esters is 1. The molecule has 0 bridgehead atoms. The van der Waals surface area contributed by atoms with Gasteiger partial charge in [0.15, 0.2) is 0 Å². The van der Waals surface area contributed by atoms with Gasteiger partial charge in [-0.15, -0.1) is 0 Å². The van der Waals surface area contributed by atoms with E-state index in [0.717, 1.165) is 16.6 Å². The number of ether oxygens (including phenoxy) is 1. The second-order valence-electron chi connectivity index (χ2n) is 4.26. The Labute approximate surface area is 104 Å². The summed E-state index contributed by atoms with van der Waals surface area (Å²) in [6.45, 7) is 1.71. The Bertz CT molecular complexity index is 592. The summed E-state index contributed by atoms with van der Waals surface area (Å²) in [5.74, 6) is -0.718. The van der Waals surface area contributed by atoms with Crippen LogP contribution in [-0.4, -0.2) is 24.1 Å². The van der Waals surface area contributed by atoms with Gasteiger partial charge in [-0.2, -0.15) is 0 Å². The molecule has 1 aromatic carbocycles. The van der Waals surface area contributed by atoms with Crippen LogP contribution in [0.15, 0.2) is 18.2 Å². The number of halogens is 1. The van der Waals surface area contributed by atoms with E-state index in [-0.39, 0.29) is 5.82 Å². The van der Waals surface area contributed by atoms with Crippen LogP contribution in [0.5, 0.6) is 0 Å². The van der Waals surface area contributed by atoms with Crippen molar-refractivity contribution in [1.29, 1.82) is 0 Å². The largest absolute Gasteiger partial charge is 0.468 e. The van der Waals surface area contributed by atoms with E-state index in [1.54, 1.807) is 13.0 Å². The fraction of sp³-hybridized carbons (Fsp3) is 0.308. The summed E-state index contributed by atoms with van der Waals surface area (Å²) < 4.78 is 17.9. The molecule has 2 rings (SSSR count). The molecule has 18 heavy (non-hydrogen) atoms. The lowest BCUT2D eigenvalue weighted by Gasteiger charge is -2.07. The Balaban J connectivity index is 2.31. The monoisotopic (exact) mass is 250 g/mol. The number of carbonyl (C=O) groups is 1. The van der Waals surface area contributed by atoms with Crippen LogP contribution in [0, 0.1) is 12.7 Å². The van der Waals surface area contributed by atoms with Gasteiger partial charge in [-0.3, -0.25) is 4.79 Å². The predicted molar refractivity (Wildman–Crippen MR) is 66.7 cm³/mol. The van der Waals surface area contributed by atoms with Gasteiger partial charge in [-0.25, -0.2) is 4.39 Å². The maximum Gasteiger partial charge on any atom is 0.323 e. The van der Waals surface area contributed by atoms with Crippen molar-refractivity contribution in [3.63, 3.8) is 0 Å². The maximum atomic E-state index is 13.4. The summed E-state index contributed by atoms with van der Waals surface area (Å²) in [5, 5.41) is 0.904. The number of carbonyl (C=O) groups excluding carboxylic acids is 1. The van der Waals surface area contributed by atoms with Crippen molar-refractivity contribution in [2.75, 3.05) is 7.11 Å². The van der Waals surface area contributed by atoms with E-state index in [2.05, 4.69) is 9.72 Å². The fourth-order valence-corrected chi connectivity index (χ4v) is 1.96. The third-order valence-electron chi connectivity index (χ3n) is 2.99. The van der Waals surface area contributed by atoms with Crippen LogP contribution < -0.4 is 5.73 Å². The van der Waals surface area contributed by atoms with Gasteiger partial charge in [-0.1, -0.05) is 0 Å². The van der Waals surface area contributed by atoms with Crippen molar-refractivity contribution in [2.24, 2.45) is 5.73 Å². The van der Waals surface area contributed by atoms with Crippen LogP contribution in [0.2, 0.25) is 0 Å². The lowest BCUT2D eigenvalue weighted by Crippen LogP contribution is -2.33. The molecule has 3 N–H and O–H groups in total. The number of methoxy groups -OCH3 is 1. The summed E-state index contributed by atoms with van der Waals surface area (Å²) >= 11 is 0. The van der Waals surface area contributed by atoms with Crippen molar-refractivity contribution in [3.8, 4) is 0 Å². The number of hydrogen-bond acceptors (Lipinski definition) is 3. The minimum Gasteiger partial charge on any atom is -0.468 e. The first-order valence-electron chi connectivity index (χ1n) is 5.63. The Hall–Kier alpha value is -1.88. The van der Waals surface area contributed by atoms with Gasteiger partial charge in [0.25, 0.3) is 0 Å². The molecule has 0 aliphatic rings. The first-order valence-corrected chi connectivity index (χ1v) is 5.63. The molecule has 1 unspecified atom stereocenters. The fourth-order valence-electron chi connectivity index (χ4n) is 1.96. The van der Waals surface area contributed by atoms with E-state index in [4.69, 9.17) is 5.73 Å². The number of hydrogen-bond donors (Lipinski definition) is 2. The molecule has 0 radical (unpaired) electrons. The zero-order chi connectivity index (χ0) is 13.3. The van der Waals surface area contributed by atoms with Crippen LogP contribution in [0.25, 0.3) is 10.9 Å². The quantitative estimate of drug-likeness (QED) is 0.814. The number of benzene rings is 1. The summed E-state index contributed by atoms with van der Waals surface area (Å²) in [5.41, 5.74) is 7.77. The van der Waals surface area contributed by atoms with Gasteiger partial charge in [-0.05, 0) is 25.1 Å². The molecule has 0 aliphatic heterocycles. The van der Waals surface area contributed by atoms with E-state index < -0.39 is 12.0 Å². The maximum absolute atomic E-state index is 13.4. The number of rotatable bonds is 3. The predicted octanol–water partition coefficient (Wildman–Crippen LogP) is 1.66. The average Bonchev–Trinajstić information content (AvgIpc) is 2.76. The Kier molecular flexibility index (Phi) is 3.34. The summed E-state index contributed by atoms with van der Waals surface area (Å²) in [4.78, 5) is 14.3. The first-order chi connectivity index (χ1) is 8.52. The van der Waals surface area contributed by atoms with E-state index in [1.165, 1.54) is 13.2 Å². The highest BCUT2D eigenvalue weighted by Crippen LogP contribution is 2.22. The number of aromatic amines is 1. The van der Waals surface area contributed by atoms with E-state index in [0.29, 0.717) is 12.0 Å². The number of H-pyrrole nitrogens is 1. The highest BCUT2D eigenvalue weighted by molar-refractivity contribution is 5.84. The molecule has 0 saturated carbocycles. The topological polar surface area (TPSA) is 68.1 Å². The summed E-state index contributed by atoms with van der Waals surface area (Å²) in [6.07, 6.45) is 0.336. The molecule has 4 nitrogen and oxygen atoms in total. The van der Waals surface area contributed by atoms with Gasteiger partial charge < -0.3 is 15.5 Å². The molecule has 0 amide bonds. The van der Waals surface area contributed by atoms with Crippen LogP contribution in [0.3, 0.4) is 0 Å². The van der Waals surface area contributed by atoms with E-state index in [1.807, 2.05) is 6.07 Å². The number of aryl methyl sites for hydroxylation is 1. The summed E-state index contributed by atoms with van der Waals surface area (Å²) in [7, 11) is 1.30. The van der Waals surface area contributed by atoms with Crippen molar-refractivity contribution in [3.05, 3.63) is 35.3 Å². The SMILES string of the molecule is COC(=O)C(N)Cc1cc2ccc(F)c(C)c2[nH]1. The van der Waals surface area contributed by atoms with Gasteiger partial charge in [0.2, 0.25) is 0 Å². The van der Waals surface area contributed by atoms with Gasteiger partial charge in [0.05, 0.1) is 12.6 Å². The first kappa shape index (κ1) is 12.6. The van der Waals surface area contributed by atoms with Crippen LogP contribution in [0.1, 0.15) is 11.3 Å². The molecule has 0 saturated heterocycles. The number of nitrogens with two attached hydrogens (primary N) is 1. The summed E-state index contributed by atoms with van der Waals surface area (Å²) in [6, 6.07) is 4.27. The lowest BCUT2D eigenvalue weighted by molar-refractivity contribution is -0.142. The molecular formula is C13H15FN2O2. The number of nitrogens with one attached hydrogen (secondary N) is 1. The molecule has 2 aromatic rings. The van der Waals surface area contributed by atoms with Gasteiger partial charge in [0, 0.05) is 23.1 Å². The third-order valence-corrected chi connectivity index (χ3v) is 2.99. The Morgan fingerprint density at radius 1 is 1.56 bits per heavy atom. The molecule has 96 valence electrons. The zero-order valence-corrected chi connectivity index (χ0v) is 10.3. The number of fused-ring (bicyclic) bond motifs is 1. The van der Waals surface area contributed by atoms with Crippen LogP contribution in [-0.2, 0) is 16.0 Å². The van der Waals surface area contributed by atoms with E-state index in [9.17, 15) is 9.18 Å². The van der Waals surface area contributed by atoms with Crippen molar-refractivity contribution in [2.45, 2.75) is 19.4 Å². The van der Waals surface area contributed by atoms with Crippen molar-refractivity contribution in [1.82, 2.24) is 4.98 Å². The number of aromatic nitrogens is 1. The van der Waals surface area contributed by atoms with Crippen LogP contribution in [0.4, 0.5) is 4.39 Å². The molecule has 5 heteroatoms. The molecule has 1 atom stereocenters. The molecule has 0 aliphatic carbocycles. The van der Waals surface area contributed by atoms with E-state index >= 15 is 0 Å². The standard InChI is InChI=1S/C13H15FN2O2/c1-7-10(14)4-3-8-5-9(16-12(7)8)6-11(15)13(17)18-2/h3-5,11,16H,6,15H2,1-2H3.